The quantitative estimate of drug-likeness (QED) is 0.851. The van der Waals surface area contributed by atoms with E-state index in [0.717, 1.165) is 12.8 Å². The Morgan fingerprint density at radius 3 is 2.24 bits per heavy atom. The number of likely N-dealkylation sites (N-methyl/N-ethyl adjacent to an activating group) is 1. The van der Waals surface area contributed by atoms with Gasteiger partial charge in [-0.2, -0.15) is 13.2 Å². The van der Waals surface area contributed by atoms with Crippen LogP contribution in [0.4, 0.5) is 13.2 Å². The van der Waals surface area contributed by atoms with Crippen molar-refractivity contribution < 1.29 is 23.1 Å². The molecule has 1 amide bonds. The van der Waals surface area contributed by atoms with Crippen molar-refractivity contribution in [1.29, 1.82) is 0 Å². The number of halogens is 3. The number of rotatable bonds is 2. The van der Waals surface area contributed by atoms with Crippen molar-refractivity contribution >= 4 is 5.91 Å². The van der Waals surface area contributed by atoms with Crippen molar-refractivity contribution in [2.45, 2.75) is 69.7 Å². The lowest BCUT2D eigenvalue weighted by molar-refractivity contribution is -0.201. The molecule has 4 unspecified atom stereocenters. The van der Waals surface area contributed by atoms with Crippen molar-refractivity contribution in [3.8, 4) is 0 Å². The van der Waals surface area contributed by atoms with E-state index in [-0.39, 0.29) is 12.5 Å². The van der Waals surface area contributed by atoms with Gasteiger partial charge in [0.2, 0.25) is 5.91 Å². The van der Waals surface area contributed by atoms with Crippen molar-refractivity contribution in [2.24, 2.45) is 11.8 Å². The first-order valence-corrected chi connectivity index (χ1v) is 7.84. The molecule has 21 heavy (non-hydrogen) atoms. The normalized spacial score (nSPS) is 34.5. The maximum atomic E-state index is 13.1. The largest absolute Gasteiger partial charge is 0.392 e. The predicted octanol–water partition coefficient (Wildman–Crippen LogP) is 3.12. The maximum absolute atomic E-state index is 13.1. The molecule has 2 aliphatic rings. The minimum Gasteiger partial charge on any atom is -0.391 e. The number of amides is 1. The van der Waals surface area contributed by atoms with E-state index in [1.54, 1.807) is 7.05 Å². The predicted molar refractivity (Wildman–Crippen MR) is 72.5 cm³/mol. The molecule has 3 nitrogen and oxygen atoms in total. The first-order chi connectivity index (χ1) is 9.82. The highest BCUT2D eigenvalue weighted by Gasteiger charge is 2.49. The minimum atomic E-state index is -4.31. The Morgan fingerprint density at radius 1 is 1.05 bits per heavy atom. The topological polar surface area (TPSA) is 40.5 Å². The summed E-state index contributed by atoms with van der Waals surface area (Å²) in [6.45, 7) is 0. The summed E-state index contributed by atoms with van der Waals surface area (Å²) < 4.78 is 39.3. The second-order valence-corrected chi connectivity index (χ2v) is 6.41. The maximum Gasteiger partial charge on any atom is 0.392 e. The van der Waals surface area contributed by atoms with Crippen LogP contribution >= 0.6 is 0 Å². The summed E-state index contributed by atoms with van der Waals surface area (Å²) >= 11 is 0. The third-order valence-corrected chi connectivity index (χ3v) is 5.04. The van der Waals surface area contributed by atoms with E-state index >= 15 is 0 Å². The molecule has 122 valence electrons. The summed E-state index contributed by atoms with van der Waals surface area (Å²) in [6.07, 6.45) is -0.262. The molecule has 1 N–H and O–H groups in total. The van der Waals surface area contributed by atoms with Crippen molar-refractivity contribution in [3.63, 3.8) is 0 Å². The van der Waals surface area contributed by atoms with E-state index in [1.807, 2.05) is 0 Å². The number of hydrogen-bond acceptors (Lipinski definition) is 2. The van der Waals surface area contributed by atoms with Gasteiger partial charge in [-0.05, 0) is 25.7 Å². The Morgan fingerprint density at radius 2 is 1.62 bits per heavy atom. The van der Waals surface area contributed by atoms with Crippen LogP contribution in [0.1, 0.15) is 51.4 Å². The fourth-order valence-corrected chi connectivity index (χ4v) is 3.79. The molecule has 6 heteroatoms. The second kappa shape index (κ2) is 6.55. The standard InChI is InChI=1S/C15H24F3NO2/c1-19(12-8-4-5-9-13(12)20)14(21)10-6-2-3-7-11(10)15(16,17)18/h10-13,20H,2-9H2,1H3. The van der Waals surface area contributed by atoms with E-state index in [2.05, 4.69) is 0 Å². The van der Waals surface area contributed by atoms with Crippen LogP contribution in [0.3, 0.4) is 0 Å². The Hall–Kier alpha value is -0.780. The molecule has 2 fully saturated rings. The fraction of sp³-hybridized carbons (Fsp3) is 0.933. The van der Waals surface area contributed by atoms with Gasteiger partial charge in [-0.25, -0.2) is 0 Å². The van der Waals surface area contributed by atoms with Crippen LogP contribution in [-0.4, -0.2) is 41.3 Å². The van der Waals surface area contributed by atoms with E-state index in [1.165, 1.54) is 4.90 Å². The van der Waals surface area contributed by atoms with Gasteiger partial charge in [0, 0.05) is 13.0 Å². The molecule has 0 aromatic heterocycles. The molecule has 0 bridgehead atoms. The van der Waals surface area contributed by atoms with Crippen LogP contribution in [0.2, 0.25) is 0 Å². The molecule has 0 aromatic carbocycles. The first-order valence-electron chi connectivity index (χ1n) is 7.84. The van der Waals surface area contributed by atoms with Gasteiger partial charge in [0.25, 0.3) is 0 Å². The Labute approximate surface area is 123 Å². The van der Waals surface area contributed by atoms with Gasteiger partial charge < -0.3 is 10.0 Å². The second-order valence-electron chi connectivity index (χ2n) is 6.41. The summed E-state index contributed by atoms with van der Waals surface area (Å²) in [4.78, 5) is 13.9. The first kappa shape index (κ1) is 16.6. The van der Waals surface area contributed by atoms with E-state index in [9.17, 15) is 23.1 Å². The molecule has 0 aliphatic heterocycles. The molecule has 2 saturated carbocycles. The zero-order valence-corrected chi connectivity index (χ0v) is 12.4. The number of carbonyl (C=O) groups excluding carboxylic acids is 1. The molecular weight excluding hydrogens is 283 g/mol. The third-order valence-electron chi connectivity index (χ3n) is 5.04. The van der Waals surface area contributed by atoms with Crippen LogP contribution in [0.5, 0.6) is 0 Å². The fourth-order valence-electron chi connectivity index (χ4n) is 3.79. The highest BCUT2D eigenvalue weighted by molar-refractivity contribution is 5.79. The highest BCUT2D eigenvalue weighted by Crippen LogP contribution is 2.42. The molecule has 2 rings (SSSR count). The van der Waals surface area contributed by atoms with Crippen LogP contribution < -0.4 is 0 Å². The molecular formula is C15H24F3NO2. The van der Waals surface area contributed by atoms with Gasteiger partial charge in [-0.3, -0.25) is 4.79 Å². The van der Waals surface area contributed by atoms with Crippen LogP contribution in [0, 0.1) is 11.8 Å². The summed E-state index contributed by atoms with van der Waals surface area (Å²) in [5.41, 5.74) is 0. The average molecular weight is 307 g/mol. The lowest BCUT2D eigenvalue weighted by Crippen LogP contribution is -2.51. The van der Waals surface area contributed by atoms with E-state index in [0.29, 0.717) is 32.1 Å². The Balaban J connectivity index is 2.09. The number of nitrogens with zero attached hydrogens (tertiary/aromatic N) is 1. The third kappa shape index (κ3) is 3.71. The number of carbonyl (C=O) groups is 1. The molecule has 0 radical (unpaired) electrons. The smallest absolute Gasteiger partial charge is 0.391 e. The molecule has 0 aromatic rings. The molecule has 4 atom stereocenters. The summed E-state index contributed by atoms with van der Waals surface area (Å²) in [7, 11) is 1.55. The molecule has 0 saturated heterocycles. The van der Waals surface area contributed by atoms with Gasteiger partial charge >= 0.3 is 6.18 Å². The Kier molecular flexibility index (Phi) is 5.17. The van der Waals surface area contributed by atoms with Gasteiger partial charge in [-0.15, -0.1) is 0 Å². The summed E-state index contributed by atoms with van der Waals surface area (Å²) in [5, 5.41) is 10.00. The van der Waals surface area contributed by atoms with E-state index < -0.39 is 30.0 Å². The van der Waals surface area contributed by atoms with Gasteiger partial charge in [0.15, 0.2) is 0 Å². The molecule has 0 spiro atoms. The molecule has 0 heterocycles. The van der Waals surface area contributed by atoms with Gasteiger partial charge in [0.05, 0.1) is 18.1 Å². The van der Waals surface area contributed by atoms with Crippen molar-refractivity contribution in [1.82, 2.24) is 4.90 Å². The zero-order chi connectivity index (χ0) is 15.6. The minimum absolute atomic E-state index is 0.0426. The van der Waals surface area contributed by atoms with Gasteiger partial charge in [-0.1, -0.05) is 25.7 Å². The monoisotopic (exact) mass is 307 g/mol. The summed E-state index contributed by atoms with van der Waals surface area (Å²) in [5.74, 6) is -2.94. The number of aliphatic hydroxyl groups excluding tert-OH is 1. The number of alkyl halides is 3. The SMILES string of the molecule is CN(C(=O)C1CCCCC1C(F)(F)F)C1CCCCC1O. The lowest BCUT2D eigenvalue weighted by Gasteiger charge is -2.40. The lowest BCUT2D eigenvalue weighted by atomic mass is 9.77. The van der Waals surface area contributed by atoms with Crippen LogP contribution in [0.25, 0.3) is 0 Å². The van der Waals surface area contributed by atoms with E-state index in [4.69, 9.17) is 0 Å². The molecule has 2 aliphatic carbocycles. The van der Waals surface area contributed by atoms with Crippen molar-refractivity contribution in [2.75, 3.05) is 7.05 Å². The van der Waals surface area contributed by atoms with Gasteiger partial charge in [0.1, 0.15) is 0 Å². The zero-order valence-electron chi connectivity index (χ0n) is 12.4. The van der Waals surface area contributed by atoms with Crippen LogP contribution in [-0.2, 0) is 4.79 Å². The average Bonchev–Trinajstić information content (AvgIpc) is 2.45. The highest BCUT2D eigenvalue weighted by atomic mass is 19.4. The number of aliphatic hydroxyl groups is 1. The Bertz CT molecular complexity index is 372. The van der Waals surface area contributed by atoms with Crippen molar-refractivity contribution in [3.05, 3.63) is 0 Å². The summed E-state index contributed by atoms with van der Waals surface area (Å²) in [6, 6.07) is -0.331. The van der Waals surface area contributed by atoms with Crippen LogP contribution in [0.15, 0.2) is 0 Å². The number of hydrogen-bond donors (Lipinski definition) is 1.